The van der Waals surface area contributed by atoms with Crippen LogP contribution in [0.2, 0.25) is 0 Å². The van der Waals surface area contributed by atoms with Gasteiger partial charge in [-0.2, -0.15) is 0 Å². The fraction of sp³-hybridized carbons (Fsp3) is 0.571. The van der Waals surface area contributed by atoms with Crippen molar-refractivity contribution in [2.24, 2.45) is 5.92 Å². The summed E-state index contributed by atoms with van der Waals surface area (Å²) in [6.45, 7) is 0.324. The quantitative estimate of drug-likeness (QED) is 0.835. The highest BCUT2D eigenvalue weighted by Gasteiger charge is 2.20. The monoisotopic (exact) mass is 283 g/mol. The molecule has 0 spiro atoms. The number of rotatable bonds is 7. The zero-order chi connectivity index (χ0) is 13.7. The number of ether oxygens (including phenoxy) is 1. The number of sulfonamides is 1. The van der Waals surface area contributed by atoms with Gasteiger partial charge in [-0.25, -0.2) is 13.1 Å². The van der Waals surface area contributed by atoms with Gasteiger partial charge in [0.1, 0.15) is 5.75 Å². The molecular formula is C14H21NO3S. The summed E-state index contributed by atoms with van der Waals surface area (Å²) in [6, 6.07) is 7.43. The van der Waals surface area contributed by atoms with Gasteiger partial charge in [0.25, 0.3) is 0 Å². The second-order valence-electron chi connectivity index (χ2n) is 5.08. The summed E-state index contributed by atoms with van der Waals surface area (Å²) in [5.74, 6) is 1.60. The molecule has 0 radical (unpaired) electrons. The normalized spacial score (nSPS) is 16.1. The van der Waals surface area contributed by atoms with Gasteiger partial charge in [0.2, 0.25) is 10.0 Å². The molecule has 0 aromatic heterocycles. The maximum Gasteiger partial charge on any atom is 0.211 e. The summed E-state index contributed by atoms with van der Waals surface area (Å²) < 4.78 is 31.5. The van der Waals surface area contributed by atoms with E-state index < -0.39 is 10.0 Å². The lowest BCUT2D eigenvalue weighted by molar-refractivity contribution is 0.307. The molecule has 1 saturated carbocycles. The van der Waals surface area contributed by atoms with Gasteiger partial charge in [-0.05, 0) is 30.0 Å². The Hall–Kier alpha value is -1.07. The van der Waals surface area contributed by atoms with Crippen LogP contribution in [0.4, 0.5) is 0 Å². The first-order chi connectivity index (χ1) is 9.09. The van der Waals surface area contributed by atoms with Crippen molar-refractivity contribution in [2.75, 3.05) is 12.9 Å². The molecule has 0 atom stereocenters. The van der Waals surface area contributed by atoms with E-state index in [1.807, 2.05) is 24.3 Å². The molecule has 0 amide bonds. The highest BCUT2D eigenvalue weighted by molar-refractivity contribution is 7.89. The lowest BCUT2D eigenvalue weighted by Gasteiger charge is -2.24. The fourth-order valence-electron chi connectivity index (χ4n) is 2.15. The van der Waals surface area contributed by atoms with E-state index in [0.29, 0.717) is 12.5 Å². The molecule has 106 valence electrons. The van der Waals surface area contributed by atoms with E-state index in [1.165, 1.54) is 19.3 Å². The average molecular weight is 283 g/mol. The number of hydrogen-bond donors (Lipinski definition) is 1. The minimum Gasteiger partial charge on any atom is -0.497 e. The lowest BCUT2D eigenvalue weighted by Crippen LogP contribution is -2.28. The van der Waals surface area contributed by atoms with Gasteiger partial charge in [-0.3, -0.25) is 0 Å². The first kappa shape index (κ1) is 14.3. The molecule has 1 aromatic rings. The molecule has 1 N–H and O–H groups in total. The zero-order valence-electron chi connectivity index (χ0n) is 11.3. The molecular weight excluding hydrogens is 262 g/mol. The van der Waals surface area contributed by atoms with Crippen LogP contribution in [0.5, 0.6) is 5.75 Å². The van der Waals surface area contributed by atoms with Gasteiger partial charge in [-0.1, -0.05) is 31.4 Å². The van der Waals surface area contributed by atoms with Crippen molar-refractivity contribution in [3.63, 3.8) is 0 Å². The van der Waals surface area contributed by atoms with Crippen LogP contribution in [0.3, 0.4) is 0 Å². The second-order valence-corrected chi connectivity index (χ2v) is 7.00. The highest BCUT2D eigenvalue weighted by Crippen LogP contribution is 2.29. The number of hydrogen-bond acceptors (Lipinski definition) is 3. The molecule has 0 unspecified atom stereocenters. The van der Waals surface area contributed by atoms with Crippen molar-refractivity contribution < 1.29 is 13.2 Å². The molecule has 0 aliphatic heterocycles. The largest absolute Gasteiger partial charge is 0.497 e. The van der Waals surface area contributed by atoms with Crippen LogP contribution in [0.15, 0.2) is 24.3 Å². The number of benzene rings is 1. The first-order valence-electron chi connectivity index (χ1n) is 6.69. The van der Waals surface area contributed by atoms with Gasteiger partial charge >= 0.3 is 0 Å². The van der Waals surface area contributed by atoms with Crippen molar-refractivity contribution in [1.29, 1.82) is 0 Å². The maximum absolute atomic E-state index is 11.9. The predicted octanol–water partition coefficient (Wildman–Crippen LogP) is 2.30. The van der Waals surface area contributed by atoms with Gasteiger partial charge in [-0.15, -0.1) is 0 Å². The molecule has 1 aliphatic rings. The third-order valence-corrected chi connectivity index (χ3v) is 5.01. The van der Waals surface area contributed by atoms with Crippen LogP contribution in [0.25, 0.3) is 0 Å². The molecule has 1 aromatic carbocycles. The van der Waals surface area contributed by atoms with Gasteiger partial charge in [0.05, 0.1) is 12.9 Å². The van der Waals surface area contributed by atoms with Crippen LogP contribution in [0.1, 0.15) is 31.2 Å². The Balaban J connectivity index is 1.82. The topological polar surface area (TPSA) is 55.4 Å². The smallest absolute Gasteiger partial charge is 0.211 e. The fourth-order valence-corrected chi connectivity index (χ4v) is 3.33. The van der Waals surface area contributed by atoms with Crippen LogP contribution in [-0.4, -0.2) is 21.3 Å². The van der Waals surface area contributed by atoms with Crippen molar-refractivity contribution in [2.45, 2.75) is 32.2 Å². The Morgan fingerprint density at radius 3 is 2.79 bits per heavy atom. The third-order valence-electron chi connectivity index (χ3n) is 3.65. The summed E-state index contributed by atoms with van der Waals surface area (Å²) in [5.41, 5.74) is 0.909. The Bertz CT molecular complexity index is 509. The van der Waals surface area contributed by atoms with Crippen LogP contribution in [0, 0.1) is 5.92 Å². The molecule has 2 rings (SSSR count). The predicted molar refractivity (Wildman–Crippen MR) is 75.6 cm³/mol. The molecule has 19 heavy (non-hydrogen) atoms. The van der Waals surface area contributed by atoms with Crippen LogP contribution in [-0.2, 0) is 16.6 Å². The Morgan fingerprint density at radius 2 is 2.16 bits per heavy atom. The van der Waals surface area contributed by atoms with E-state index in [0.717, 1.165) is 17.7 Å². The van der Waals surface area contributed by atoms with E-state index in [1.54, 1.807) is 7.11 Å². The van der Waals surface area contributed by atoms with E-state index in [2.05, 4.69) is 4.72 Å². The lowest BCUT2D eigenvalue weighted by atomic mass is 9.84. The van der Waals surface area contributed by atoms with Crippen molar-refractivity contribution in [3.8, 4) is 5.75 Å². The summed E-state index contributed by atoms with van der Waals surface area (Å²) in [5, 5.41) is 0. The molecule has 5 heteroatoms. The summed E-state index contributed by atoms with van der Waals surface area (Å²) in [6.07, 6.45) is 4.41. The number of methoxy groups -OCH3 is 1. The highest BCUT2D eigenvalue weighted by atomic mass is 32.2. The Kier molecular flexibility index (Phi) is 4.82. The standard InChI is InChI=1S/C14H21NO3S/c1-18-14-7-3-6-13(10-14)11-15-19(16,17)9-8-12-4-2-5-12/h3,6-7,10,12,15H,2,4-5,8-9,11H2,1H3. The Labute approximate surface area is 115 Å². The molecule has 0 bridgehead atoms. The summed E-state index contributed by atoms with van der Waals surface area (Å²) >= 11 is 0. The van der Waals surface area contributed by atoms with E-state index >= 15 is 0 Å². The number of nitrogens with one attached hydrogen (secondary N) is 1. The van der Waals surface area contributed by atoms with Gasteiger partial charge in [0, 0.05) is 6.54 Å². The minimum atomic E-state index is -3.16. The molecule has 1 aliphatic carbocycles. The van der Waals surface area contributed by atoms with Gasteiger partial charge < -0.3 is 4.74 Å². The van der Waals surface area contributed by atoms with Crippen molar-refractivity contribution in [1.82, 2.24) is 4.72 Å². The van der Waals surface area contributed by atoms with Crippen LogP contribution < -0.4 is 9.46 Å². The van der Waals surface area contributed by atoms with E-state index in [-0.39, 0.29) is 5.75 Å². The summed E-state index contributed by atoms with van der Waals surface area (Å²) in [7, 11) is -1.56. The average Bonchev–Trinajstić information content (AvgIpc) is 2.35. The molecule has 4 nitrogen and oxygen atoms in total. The van der Waals surface area contributed by atoms with Crippen LogP contribution >= 0.6 is 0 Å². The van der Waals surface area contributed by atoms with Gasteiger partial charge in [0.15, 0.2) is 0 Å². The van der Waals surface area contributed by atoms with Crippen molar-refractivity contribution >= 4 is 10.0 Å². The van der Waals surface area contributed by atoms with E-state index in [4.69, 9.17) is 4.74 Å². The molecule has 1 fully saturated rings. The molecule has 0 saturated heterocycles. The first-order valence-corrected chi connectivity index (χ1v) is 8.34. The van der Waals surface area contributed by atoms with E-state index in [9.17, 15) is 8.42 Å². The molecule has 0 heterocycles. The SMILES string of the molecule is COc1cccc(CNS(=O)(=O)CCC2CCC2)c1. The Morgan fingerprint density at radius 1 is 1.37 bits per heavy atom. The maximum atomic E-state index is 11.9. The minimum absolute atomic E-state index is 0.238. The third kappa shape index (κ3) is 4.51. The summed E-state index contributed by atoms with van der Waals surface area (Å²) in [4.78, 5) is 0. The zero-order valence-corrected chi connectivity index (χ0v) is 12.1. The van der Waals surface area contributed by atoms with Crippen molar-refractivity contribution in [3.05, 3.63) is 29.8 Å². The second kappa shape index (κ2) is 6.39.